The van der Waals surface area contributed by atoms with Crippen molar-refractivity contribution in [3.8, 4) is 0 Å². The van der Waals surface area contributed by atoms with Gasteiger partial charge in [-0.25, -0.2) is 13.8 Å². The Bertz CT molecular complexity index is 686. The van der Waals surface area contributed by atoms with Crippen molar-refractivity contribution >= 4 is 29.3 Å². The molecule has 22 heavy (non-hydrogen) atoms. The number of hydrogen-bond acceptors (Lipinski definition) is 3. The van der Waals surface area contributed by atoms with Crippen molar-refractivity contribution in [2.45, 2.75) is 10.9 Å². The molecule has 0 radical (unpaired) electrons. The first kappa shape index (κ1) is 15.3. The van der Waals surface area contributed by atoms with Gasteiger partial charge in [-0.3, -0.25) is 0 Å². The van der Waals surface area contributed by atoms with Gasteiger partial charge in [0.05, 0.1) is 6.04 Å². The minimum absolute atomic E-state index is 0.0392. The maximum Gasteiger partial charge on any atom is 0.222 e. The third-order valence-electron chi connectivity index (χ3n) is 3.14. The minimum Gasteiger partial charge on any atom is -0.475 e. The smallest absolute Gasteiger partial charge is 0.222 e. The van der Waals surface area contributed by atoms with Crippen LogP contribution < -0.4 is 0 Å². The zero-order valence-corrected chi connectivity index (χ0v) is 13.0. The second-order valence-corrected chi connectivity index (χ2v) is 6.29. The molecule has 0 aliphatic carbocycles. The molecule has 114 valence electrons. The fourth-order valence-electron chi connectivity index (χ4n) is 2.06. The van der Waals surface area contributed by atoms with Crippen molar-refractivity contribution in [1.82, 2.24) is 0 Å². The Morgan fingerprint density at radius 1 is 1.14 bits per heavy atom. The summed E-state index contributed by atoms with van der Waals surface area (Å²) in [6.45, 7) is 0.323. The molecule has 1 unspecified atom stereocenters. The maximum absolute atomic E-state index is 13.7. The van der Waals surface area contributed by atoms with Gasteiger partial charge in [-0.1, -0.05) is 17.7 Å². The summed E-state index contributed by atoms with van der Waals surface area (Å²) in [6.07, 6.45) is 0. The highest BCUT2D eigenvalue weighted by atomic mass is 35.5. The Morgan fingerprint density at radius 3 is 2.50 bits per heavy atom. The molecule has 2 aromatic carbocycles. The molecular formula is C16H12ClF2NOS. The largest absolute Gasteiger partial charge is 0.475 e. The van der Waals surface area contributed by atoms with Crippen LogP contribution in [0.15, 0.2) is 52.4 Å². The zero-order chi connectivity index (χ0) is 15.5. The van der Waals surface area contributed by atoms with Crippen molar-refractivity contribution in [2.75, 3.05) is 12.4 Å². The van der Waals surface area contributed by atoms with Crippen LogP contribution >= 0.6 is 23.4 Å². The van der Waals surface area contributed by atoms with E-state index < -0.39 is 11.6 Å². The van der Waals surface area contributed by atoms with Crippen molar-refractivity contribution in [1.29, 1.82) is 0 Å². The molecule has 2 aromatic rings. The number of aliphatic imine (C=N–C) groups is 1. The molecule has 0 N–H and O–H groups in total. The van der Waals surface area contributed by atoms with Crippen LogP contribution in [-0.2, 0) is 4.74 Å². The summed E-state index contributed by atoms with van der Waals surface area (Å²) in [4.78, 5) is 5.34. The Labute approximate surface area is 136 Å². The van der Waals surface area contributed by atoms with Gasteiger partial charge in [0.1, 0.15) is 23.8 Å². The Hall–Kier alpha value is -1.59. The number of nitrogens with zero attached hydrogens (tertiary/aromatic N) is 1. The molecule has 0 amide bonds. The van der Waals surface area contributed by atoms with Gasteiger partial charge >= 0.3 is 0 Å². The highest BCUT2D eigenvalue weighted by Crippen LogP contribution is 2.25. The molecule has 0 fully saturated rings. The van der Waals surface area contributed by atoms with E-state index in [0.717, 1.165) is 4.90 Å². The molecule has 0 saturated carbocycles. The summed E-state index contributed by atoms with van der Waals surface area (Å²) in [5.41, 5.74) is -0.193. The highest BCUT2D eigenvalue weighted by molar-refractivity contribution is 7.99. The number of ether oxygens (including phenoxy) is 1. The van der Waals surface area contributed by atoms with Gasteiger partial charge in [-0.2, -0.15) is 0 Å². The normalized spacial score (nSPS) is 17.2. The standard InChI is InChI=1S/C16H12ClF2NOS/c17-10-4-6-12(7-5-10)22-9-11-8-21-16(20-11)15-13(18)2-1-3-14(15)19/h1-7,11H,8-9H2. The SMILES string of the molecule is Fc1cccc(F)c1C1=NC(CSc2ccc(Cl)cc2)CO1. The van der Waals surface area contributed by atoms with Gasteiger partial charge in [0.15, 0.2) is 0 Å². The molecule has 0 aromatic heterocycles. The zero-order valence-electron chi connectivity index (χ0n) is 11.4. The predicted octanol–water partition coefficient (Wildman–Crippen LogP) is 4.56. The quantitative estimate of drug-likeness (QED) is 0.762. The third-order valence-corrected chi connectivity index (χ3v) is 4.55. The number of hydrogen-bond donors (Lipinski definition) is 0. The van der Waals surface area contributed by atoms with Crippen LogP contribution in [0.1, 0.15) is 5.56 Å². The summed E-state index contributed by atoms with van der Waals surface area (Å²) >= 11 is 7.43. The molecular weight excluding hydrogens is 328 g/mol. The Morgan fingerprint density at radius 2 is 1.82 bits per heavy atom. The lowest BCUT2D eigenvalue weighted by molar-refractivity contribution is 0.323. The summed E-state index contributed by atoms with van der Waals surface area (Å²) in [6, 6.07) is 11.1. The van der Waals surface area contributed by atoms with Crippen molar-refractivity contribution < 1.29 is 13.5 Å². The van der Waals surface area contributed by atoms with Gasteiger partial charge in [0, 0.05) is 15.7 Å². The highest BCUT2D eigenvalue weighted by Gasteiger charge is 2.25. The lowest BCUT2D eigenvalue weighted by atomic mass is 10.2. The van der Waals surface area contributed by atoms with Crippen LogP contribution in [0.3, 0.4) is 0 Å². The third kappa shape index (κ3) is 3.42. The van der Waals surface area contributed by atoms with E-state index in [0.29, 0.717) is 17.4 Å². The average molecular weight is 340 g/mol. The number of thioether (sulfide) groups is 1. The Balaban J connectivity index is 1.68. The van der Waals surface area contributed by atoms with E-state index >= 15 is 0 Å². The second kappa shape index (κ2) is 6.67. The van der Waals surface area contributed by atoms with Crippen molar-refractivity contribution in [2.24, 2.45) is 4.99 Å². The minimum atomic E-state index is -0.662. The van der Waals surface area contributed by atoms with E-state index in [2.05, 4.69) is 4.99 Å². The van der Waals surface area contributed by atoms with Crippen LogP contribution in [0.2, 0.25) is 5.02 Å². The van der Waals surface area contributed by atoms with Crippen molar-refractivity contribution in [3.05, 3.63) is 64.7 Å². The predicted molar refractivity (Wildman–Crippen MR) is 84.8 cm³/mol. The van der Waals surface area contributed by atoms with E-state index in [1.807, 2.05) is 24.3 Å². The Kier molecular flexibility index (Phi) is 4.64. The number of benzene rings is 2. The summed E-state index contributed by atoms with van der Waals surface area (Å²) in [5, 5.41) is 0.684. The van der Waals surface area contributed by atoms with Gasteiger partial charge in [0.2, 0.25) is 5.90 Å². The van der Waals surface area contributed by atoms with Gasteiger partial charge in [-0.15, -0.1) is 11.8 Å². The fourth-order valence-corrected chi connectivity index (χ4v) is 3.07. The molecule has 1 heterocycles. The van der Waals surface area contributed by atoms with Gasteiger partial charge in [0.25, 0.3) is 0 Å². The van der Waals surface area contributed by atoms with E-state index in [4.69, 9.17) is 16.3 Å². The van der Waals surface area contributed by atoms with Crippen LogP contribution in [0, 0.1) is 11.6 Å². The monoisotopic (exact) mass is 339 g/mol. The van der Waals surface area contributed by atoms with Crippen LogP contribution in [0.5, 0.6) is 0 Å². The van der Waals surface area contributed by atoms with Crippen LogP contribution in [-0.4, -0.2) is 24.3 Å². The molecule has 2 nitrogen and oxygen atoms in total. The molecule has 1 aliphatic heterocycles. The molecule has 1 aliphatic rings. The molecule has 3 rings (SSSR count). The van der Waals surface area contributed by atoms with E-state index in [9.17, 15) is 8.78 Å². The molecule has 1 atom stereocenters. The van der Waals surface area contributed by atoms with E-state index in [1.165, 1.54) is 18.2 Å². The molecule has 0 saturated heterocycles. The summed E-state index contributed by atoms with van der Waals surface area (Å²) < 4.78 is 32.8. The molecule has 0 spiro atoms. The fraction of sp³-hybridized carbons (Fsp3) is 0.188. The molecule has 0 bridgehead atoms. The lowest BCUT2D eigenvalue weighted by Crippen LogP contribution is -2.09. The summed E-state index contributed by atoms with van der Waals surface area (Å²) in [7, 11) is 0. The maximum atomic E-state index is 13.7. The van der Waals surface area contributed by atoms with Gasteiger partial charge < -0.3 is 4.74 Å². The van der Waals surface area contributed by atoms with Crippen molar-refractivity contribution in [3.63, 3.8) is 0 Å². The average Bonchev–Trinajstić information content (AvgIpc) is 2.95. The molecule has 6 heteroatoms. The topological polar surface area (TPSA) is 21.6 Å². The number of rotatable bonds is 4. The first-order valence-electron chi connectivity index (χ1n) is 6.67. The lowest BCUT2D eigenvalue weighted by Gasteiger charge is -2.04. The van der Waals surface area contributed by atoms with Crippen LogP contribution in [0.4, 0.5) is 8.78 Å². The van der Waals surface area contributed by atoms with Crippen LogP contribution in [0.25, 0.3) is 0 Å². The second-order valence-electron chi connectivity index (χ2n) is 4.76. The summed E-state index contributed by atoms with van der Waals surface area (Å²) in [5.74, 6) is -0.617. The first-order valence-corrected chi connectivity index (χ1v) is 8.03. The van der Waals surface area contributed by atoms with E-state index in [-0.39, 0.29) is 17.5 Å². The van der Waals surface area contributed by atoms with E-state index in [1.54, 1.807) is 11.8 Å². The first-order chi connectivity index (χ1) is 10.6. The number of halogens is 3. The van der Waals surface area contributed by atoms with Gasteiger partial charge in [-0.05, 0) is 36.4 Å².